The zero-order valence-corrected chi connectivity index (χ0v) is 78.9. The summed E-state index contributed by atoms with van der Waals surface area (Å²) in [5.74, 6) is 0.781. The van der Waals surface area contributed by atoms with Crippen molar-refractivity contribution in [1.82, 2.24) is 19.8 Å². The molecule has 4 aromatic heterocycles. The lowest BCUT2D eigenvalue weighted by atomic mass is 9.78. The van der Waals surface area contributed by atoms with Crippen molar-refractivity contribution in [3.8, 4) is 58.1 Å². The third-order valence-electron chi connectivity index (χ3n) is 21.6. The molecule has 1 radical (unpaired) electrons. The van der Waals surface area contributed by atoms with Crippen molar-refractivity contribution in [1.29, 1.82) is 22.4 Å². The monoisotopic (exact) mass is 1870 g/mol. The Kier molecular flexibility index (Phi) is 36.8. The van der Waals surface area contributed by atoms with Gasteiger partial charge in [0.05, 0.1) is 104 Å². The molecule has 0 spiro atoms. The molecule has 10 aromatic rings. The number of nitrogens with one attached hydrogen (secondary N) is 3. The number of hydrogen-bond acceptors (Lipinski definition) is 20. The first kappa shape index (κ1) is 98.5. The Bertz CT molecular complexity index is 5390. The minimum atomic E-state index is -0.481. The molecule has 9 heterocycles. The van der Waals surface area contributed by atoms with Crippen LogP contribution in [-0.4, -0.2) is 160 Å². The van der Waals surface area contributed by atoms with Gasteiger partial charge in [0.15, 0.2) is 11.2 Å². The van der Waals surface area contributed by atoms with Gasteiger partial charge in [-0.05, 0) is 244 Å². The smallest absolute Gasteiger partial charge is 0.454 e. The van der Waals surface area contributed by atoms with E-state index in [0.29, 0.717) is 95.8 Å². The van der Waals surface area contributed by atoms with E-state index in [0.717, 1.165) is 106 Å². The summed E-state index contributed by atoms with van der Waals surface area (Å²) in [7, 11) is 9.75. The second-order valence-corrected chi connectivity index (χ2v) is 35.2. The highest BCUT2D eigenvalue weighted by Crippen LogP contribution is 2.40. The molecule has 9 atom stereocenters. The Hall–Kier alpha value is -9.25. The van der Waals surface area contributed by atoms with E-state index < -0.39 is 24.1 Å². The van der Waals surface area contributed by atoms with Gasteiger partial charge in [-0.2, -0.15) is 30.2 Å². The molecule has 5 saturated heterocycles. The second-order valence-electron chi connectivity index (χ2n) is 33.0. The van der Waals surface area contributed by atoms with E-state index in [9.17, 15) is 24.5 Å². The summed E-state index contributed by atoms with van der Waals surface area (Å²) in [6.07, 6.45) is 13.2. The van der Waals surface area contributed by atoms with E-state index >= 15 is 0 Å². The van der Waals surface area contributed by atoms with Crippen LogP contribution >= 0.6 is 65.0 Å². The molecule has 30 heteroatoms. The van der Waals surface area contributed by atoms with Crippen molar-refractivity contribution in [3.63, 3.8) is 0 Å². The number of hydrogen-bond donors (Lipinski definition) is 4. The highest BCUT2D eigenvalue weighted by Gasteiger charge is 2.52. The first-order valence-corrected chi connectivity index (χ1v) is 43.7. The van der Waals surface area contributed by atoms with Gasteiger partial charge in [-0.25, -0.2) is 4.39 Å². The maximum atomic E-state index is 12.5. The first-order chi connectivity index (χ1) is 58.9. The van der Waals surface area contributed by atoms with Crippen molar-refractivity contribution < 1.29 is 51.1 Å². The van der Waals surface area contributed by atoms with E-state index in [1.54, 1.807) is 92.9 Å². The van der Waals surface area contributed by atoms with Gasteiger partial charge in [-0.3, -0.25) is 19.6 Å². The van der Waals surface area contributed by atoms with E-state index in [1.807, 2.05) is 125 Å². The van der Waals surface area contributed by atoms with Crippen LogP contribution in [0.5, 0.6) is 0 Å². The number of amides is 2. The fourth-order valence-corrected chi connectivity index (χ4v) is 16.2. The zero-order valence-electron chi connectivity index (χ0n) is 74.0. The number of nitrogens with zero attached hydrogens (tertiary/aromatic N) is 8. The number of fused-ring (bicyclic) bond motifs is 2. The number of nitrogens with two attached hydrogens (primary N) is 1. The number of anilines is 3. The Balaban J connectivity index is 0.000000195. The van der Waals surface area contributed by atoms with Crippen molar-refractivity contribution in [2.75, 3.05) is 44.1 Å². The summed E-state index contributed by atoms with van der Waals surface area (Å²) in [6.45, 7) is 24.8. The average Bonchev–Trinajstić information content (AvgIpc) is 1.59. The lowest BCUT2D eigenvalue weighted by Gasteiger charge is -2.33. The van der Waals surface area contributed by atoms with Crippen LogP contribution in [0.15, 0.2) is 176 Å². The molecular formula is C94H111B2Br2Cl2FN12O10P. The Labute approximate surface area is 761 Å². The SMILES string of the molecule is CC1CC(N)CC(C)O1.CC1CC(Nc2ccc(-c3ccnc4cc(-c5ccc(C(=O)N(C)C)cc5)oc34)cc2C#N)CC(C)O1.CC1CC(Nc2ccc(B3OC(C)(C)C(C)(C)O3)cc2C#N)CC(C)O1.CC1CC(Nc2ccc(Br)cc2C#N)CC(C)O1.CN(C)C(=O)c1ccc(-c2cc3nccc(Cl)c3o2)cc1.Cl.N#Cc1cc(Br)ccc1F.[2H][B]P. The normalized spacial score (nSPS) is 22.0. The van der Waals surface area contributed by atoms with E-state index in [1.165, 1.54) is 19.7 Å². The van der Waals surface area contributed by atoms with Crippen LogP contribution < -0.4 is 27.1 Å². The number of halogens is 5. The average molecular weight is 1870 g/mol. The van der Waals surface area contributed by atoms with Gasteiger partial charge in [0.25, 0.3) is 11.8 Å². The molecule has 22 nitrogen and oxygen atoms in total. The minimum absolute atomic E-state index is 0. The Morgan fingerprint density at radius 1 is 0.516 bits per heavy atom. The molecule has 6 aromatic carbocycles. The second kappa shape index (κ2) is 46.3. The summed E-state index contributed by atoms with van der Waals surface area (Å²) in [4.78, 5) is 35.9. The predicted octanol–water partition coefficient (Wildman–Crippen LogP) is 20.3. The molecule has 0 aliphatic carbocycles. The minimum Gasteiger partial charge on any atom is -0.454 e. The van der Waals surface area contributed by atoms with Crippen LogP contribution in [-0.2, 0) is 28.3 Å². The van der Waals surface area contributed by atoms with Crippen LogP contribution in [0, 0.1) is 51.1 Å². The first-order valence-electron chi connectivity index (χ1n) is 41.6. The lowest BCUT2D eigenvalue weighted by Crippen LogP contribution is -2.41. The Morgan fingerprint density at radius 3 is 1.26 bits per heavy atom. The zero-order chi connectivity index (χ0) is 90.4. The van der Waals surface area contributed by atoms with E-state index in [-0.39, 0.29) is 72.5 Å². The lowest BCUT2D eigenvalue weighted by molar-refractivity contribution is -0.0366. The number of benzene rings is 6. The van der Waals surface area contributed by atoms with Crippen LogP contribution in [0.1, 0.15) is 177 Å². The number of ether oxygens (including phenoxy) is 4. The molecule has 5 N–H and O–H groups in total. The van der Waals surface area contributed by atoms with Crippen molar-refractivity contribution in [2.24, 2.45) is 5.73 Å². The maximum Gasteiger partial charge on any atom is 0.494 e. The molecule has 5 aliphatic rings. The molecule has 5 fully saturated rings. The largest absolute Gasteiger partial charge is 0.494 e. The Morgan fingerprint density at radius 2 is 0.863 bits per heavy atom. The summed E-state index contributed by atoms with van der Waals surface area (Å²) < 4.78 is 67.3. The fraction of sp³-hybridized carbons (Fsp3) is 0.404. The number of furan rings is 2. The van der Waals surface area contributed by atoms with Gasteiger partial charge < -0.3 is 68.6 Å². The van der Waals surface area contributed by atoms with Gasteiger partial charge in [0, 0.05) is 114 Å². The fourth-order valence-electron chi connectivity index (χ4n) is 15.3. The highest BCUT2D eigenvalue weighted by molar-refractivity contribution is 9.10. The number of rotatable bonds is 12. The quantitative estimate of drug-likeness (QED) is 0.0652. The molecule has 9 unspecified atom stereocenters. The topological polar surface area (TPSA) is 305 Å². The predicted molar refractivity (Wildman–Crippen MR) is 506 cm³/mol. The number of aromatic nitrogens is 2. The highest BCUT2D eigenvalue weighted by atomic mass is 79.9. The van der Waals surface area contributed by atoms with E-state index in [2.05, 4.69) is 140 Å². The molecule has 5 aliphatic heterocycles. The van der Waals surface area contributed by atoms with E-state index in [4.69, 9.17) is 66.3 Å². The molecule has 0 bridgehead atoms. The number of carbonyl (C=O) groups excluding carboxylic acids is 2. The van der Waals surface area contributed by atoms with Crippen LogP contribution in [0.2, 0.25) is 5.02 Å². The summed E-state index contributed by atoms with van der Waals surface area (Å²) >= 11 is 12.6. The molecular weight excluding hydrogens is 1760 g/mol. The van der Waals surface area contributed by atoms with Crippen LogP contribution in [0.4, 0.5) is 21.5 Å². The standard InChI is InChI=1S/C30H30N4O3.C20H29BN2O3.C16H13ClN2O2.C14H17BrN2O.C7H3BrFN.C7H15NO.BH3P.ClH/c1-18-13-24(14-19(2)36-18)33-26-10-9-22(15-23(26)17-31)25-11-12-32-27-16-28(37-29(25)27)20-5-7-21(8-6-20)30(35)34(3)4;1-13-9-17(10-14(2)24-13)23-18-8-7-16(11-15(18)12-22)21-25-19(3,4)20(5,6)26-21;1-19(2)16(20)11-5-3-10(4-6-11)14-9-13-15(21-14)12(17)7-8-18-13;1-9-5-13(6-10(2)18-9)17-14-4-3-12(15)7-11(14)8-16;8-6-1-2-7(9)5(3-6)4-10;1-5-3-7(8)4-6(2)9-5;1-2;/h5-12,15-16,18-19,24,33H,13-14H2,1-4H3;7-8,11,13-14,17,23H,9-10H2,1-6H3;3-9H,1-2H3;3-4,7,9-10,13,17H,5-6H2,1-2H3;1-3H;5-7H,3-4,8H2,1-2H3;1H,2H2;1H/i;;;;;;1D;. The van der Waals surface area contributed by atoms with Gasteiger partial charge in [-0.1, -0.05) is 79.9 Å². The molecule has 15 rings (SSSR count). The van der Waals surface area contributed by atoms with Gasteiger partial charge in [0.1, 0.15) is 60.2 Å². The van der Waals surface area contributed by atoms with Gasteiger partial charge in [0.2, 0.25) is 0 Å². The molecule has 2 amide bonds. The van der Waals surface area contributed by atoms with Gasteiger partial charge in [-0.15, -0.1) is 12.4 Å². The number of nitriles is 4. The van der Waals surface area contributed by atoms with Crippen LogP contribution in [0.25, 0.3) is 56.0 Å². The van der Waals surface area contributed by atoms with Gasteiger partial charge >= 0.3 is 7.12 Å². The van der Waals surface area contributed by atoms with Crippen molar-refractivity contribution in [2.45, 2.75) is 219 Å². The summed E-state index contributed by atoms with van der Waals surface area (Å²) in [5, 5.41) is 48.1. The van der Waals surface area contributed by atoms with Crippen LogP contribution in [0.3, 0.4) is 0 Å². The molecule has 653 valence electrons. The molecule has 124 heavy (non-hydrogen) atoms. The number of pyridine rings is 2. The molecule has 0 saturated carbocycles. The maximum absolute atomic E-state index is 12.5. The van der Waals surface area contributed by atoms with Crippen molar-refractivity contribution in [3.05, 3.63) is 211 Å². The van der Waals surface area contributed by atoms with Crippen molar-refractivity contribution >= 4 is 136 Å². The third-order valence-corrected chi connectivity index (χ3v) is 22.9. The summed E-state index contributed by atoms with van der Waals surface area (Å²) in [6, 6.07) is 53.5. The number of carbonyl (C=O) groups is 2. The summed E-state index contributed by atoms with van der Waals surface area (Å²) in [5.41, 5.74) is 17.8. The third kappa shape index (κ3) is 27.6.